The molecule has 2 saturated heterocycles. The van der Waals surface area contributed by atoms with Crippen molar-refractivity contribution in [2.45, 2.75) is 44.2 Å². The SMILES string of the molecule is O=C(NC1CC1)[C@@H]1CCCN1C(=O)[C@H]1CC(=O)N(c2ccccc2F)C1. The Hall–Kier alpha value is -2.44. The predicted molar refractivity (Wildman–Crippen MR) is 92.8 cm³/mol. The van der Waals surface area contributed by atoms with E-state index in [1.165, 1.54) is 11.0 Å². The third kappa shape index (κ3) is 3.18. The van der Waals surface area contributed by atoms with Crippen molar-refractivity contribution in [3.8, 4) is 0 Å². The fraction of sp³-hybridized carbons (Fsp3) is 0.526. The fourth-order valence-electron chi connectivity index (χ4n) is 3.84. The van der Waals surface area contributed by atoms with Crippen LogP contribution in [-0.4, -0.2) is 47.8 Å². The summed E-state index contributed by atoms with van der Waals surface area (Å²) in [5.74, 6) is -1.53. The summed E-state index contributed by atoms with van der Waals surface area (Å²) >= 11 is 0. The zero-order valence-corrected chi connectivity index (χ0v) is 14.5. The average molecular weight is 359 g/mol. The summed E-state index contributed by atoms with van der Waals surface area (Å²) in [6.07, 6.45) is 3.50. The van der Waals surface area contributed by atoms with Gasteiger partial charge in [-0.25, -0.2) is 4.39 Å². The molecule has 3 aliphatic rings. The third-order valence-electron chi connectivity index (χ3n) is 5.38. The number of hydrogen-bond acceptors (Lipinski definition) is 3. The highest BCUT2D eigenvalue weighted by atomic mass is 19.1. The lowest BCUT2D eigenvalue weighted by Crippen LogP contribution is -2.48. The Morgan fingerprint density at radius 1 is 1.15 bits per heavy atom. The molecule has 0 aromatic heterocycles. The van der Waals surface area contributed by atoms with E-state index in [1.807, 2.05) is 0 Å². The molecule has 4 rings (SSSR count). The summed E-state index contributed by atoms with van der Waals surface area (Å²) < 4.78 is 14.0. The van der Waals surface area contributed by atoms with Crippen LogP contribution in [0, 0.1) is 11.7 Å². The first kappa shape index (κ1) is 17.0. The quantitative estimate of drug-likeness (QED) is 0.885. The van der Waals surface area contributed by atoms with Crippen LogP contribution in [-0.2, 0) is 14.4 Å². The number of carbonyl (C=O) groups excluding carboxylic acids is 3. The van der Waals surface area contributed by atoms with Gasteiger partial charge in [0, 0.05) is 25.6 Å². The second-order valence-corrected chi connectivity index (χ2v) is 7.33. The van der Waals surface area contributed by atoms with Gasteiger partial charge in [0.05, 0.1) is 11.6 Å². The number of nitrogens with zero attached hydrogens (tertiary/aromatic N) is 2. The minimum Gasteiger partial charge on any atom is -0.352 e. The van der Waals surface area contributed by atoms with Gasteiger partial charge in [0.2, 0.25) is 17.7 Å². The lowest BCUT2D eigenvalue weighted by atomic mass is 10.1. The highest BCUT2D eigenvalue weighted by Crippen LogP contribution is 2.30. The lowest BCUT2D eigenvalue weighted by molar-refractivity contribution is -0.141. The van der Waals surface area contributed by atoms with E-state index in [-0.39, 0.29) is 42.4 Å². The Balaban J connectivity index is 1.45. The van der Waals surface area contributed by atoms with Crippen molar-refractivity contribution >= 4 is 23.4 Å². The van der Waals surface area contributed by atoms with Crippen LogP contribution in [0.3, 0.4) is 0 Å². The summed E-state index contributed by atoms with van der Waals surface area (Å²) in [5, 5.41) is 2.96. The molecule has 1 saturated carbocycles. The van der Waals surface area contributed by atoms with Crippen LogP contribution >= 0.6 is 0 Å². The zero-order valence-electron chi connectivity index (χ0n) is 14.5. The Morgan fingerprint density at radius 2 is 1.92 bits per heavy atom. The standard InChI is InChI=1S/C19H22FN3O3/c20-14-4-1-2-5-15(14)23-11-12(10-17(23)24)19(26)22-9-3-6-16(22)18(25)21-13-7-8-13/h1-2,4-5,12-13,16H,3,6-11H2,(H,21,25)/t12-,16-/m0/s1. The van der Waals surface area contributed by atoms with Gasteiger partial charge in [0.25, 0.3) is 0 Å². The van der Waals surface area contributed by atoms with Gasteiger partial charge in [0.1, 0.15) is 11.9 Å². The van der Waals surface area contributed by atoms with Crippen LogP contribution in [0.2, 0.25) is 0 Å². The maximum atomic E-state index is 14.0. The molecule has 2 aliphatic heterocycles. The van der Waals surface area contributed by atoms with E-state index in [2.05, 4.69) is 5.32 Å². The zero-order chi connectivity index (χ0) is 18.3. The molecule has 1 aliphatic carbocycles. The molecule has 0 bridgehead atoms. The highest BCUT2D eigenvalue weighted by molar-refractivity contribution is 6.01. The van der Waals surface area contributed by atoms with Gasteiger partial charge in [-0.1, -0.05) is 12.1 Å². The van der Waals surface area contributed by atoms with Crippen LogP contribution in [0.1, 0.15) is 32.1 Å². The first-order valence-electron chi connectivity index (χ1n) is 9.20. The van der Waals surface area contributed by atoms with Crippen molar-refractivity contribution in [3.05, 3.63) is 30.1 Å². The van der Waals surface area contributed by atoms with E-state index in [1.54, 1.807) is 23.1 Å². The van der Waals surface area contributed by atoms with Crippen LogP contribution in [0.5, 0.6) is 0 Å². The van der Waals surface area contributed by atoms with Crippen molar-refractivity contribution in [1.29, 1.82) is 0 Å². The van der Waals surface area contributed by atoms with Crippen molar-refractivity contribution in [3.63, 3.8) is 0 Å². The fourth-order valence-corrected chi connectivity index (χ4v) is 3.84. The summed E-state index contributed by atoms with van der Waals surface area (Å²) in [4.78, 5) is 40.6. The predicted octanol–water partition coefficient (Wildman–Crippen LogP) is 1.45. The normalized spacial score (nSPS) is 25.7. The Bertz CT molecular complexity index is 749. The number of para-hydroxylation sites is 1. The van der Waals surface area contributed by atoms with Gasteiger partial charge in [0.15, 0.2) is 0 Å². The molecule has 1 aromatic rings. The van der Waals surface area contributed by atoms with Crippen LogP contribution in [0.4, 0.5) is 10.1 Å². The van der Waals surface area contributed by atoms with Crippen LogP contribution < -0.4 is 10.2 Å². The van der Waals surface area contributed by atoms with Gasteiger partial charge in [-0.3, -0.25) is 14.4 Å². The minimum atomic E-state index is -0.531. The van der Waals surface area contributed by atoms with Gasteiger partial charge in [-0.05, 0) is 37.8 Å². The Kier molecular flexibility index (Phi) is 4.38. The van der Waals surface area contributed by atoms with Crippen LogP contribution in [0.15, 0.2) is 24.3 Å². The molecule has 7 heteroatoms. The average Bonchev–Trinajstić information content (AvgIpc) is 3.16. The number of anilines is 1. The molecule has 0 spiro atoms. The molecule has 0 unspecified atom stereocenters. The molecule has 0 radical (unpaired) electrons. The van der Waals surface area contributed by atoms with Crippen molar-refractivity contribution < 1.29 is 18.8 Å². The Labute approximate surface area is 151 Å². The van der Waals surface area contributed by atoms with Gasteiger partial charge in [-0.2, -0.15) is 0 Å². The maximum Gasteiger partial charge on any atom is 0.243 e. The van der Waals surface area contributed by atoms with Gasteiger partial charge < -0.3 is 15.1 Å². The molecule has 2 atom stereocenters. The van der Waals surface area contributed by atoms with Gasteiger partial charge >= 0.3 is 0 Å². The number of nitrogens with one attached hydrogen (secondary N) is 1. The van der Waals surface area contributed by atoms with E-state index in [9.17, 15) is 18.8 Å². The first-order valence-corrected chi connectivity index (χ1v) is 9.20. The minimum absolute atomic E-state index is 0.0562. The number of carbonyl (C=O) groups is 3. The molecule has 3 amide bonds. The summed E-state index contributed by atoms with van der Waals surface area (Å²) in [7, 11) is 0. The number of rotatable bonds is 4. The lowest BCUT2D eigenvalue weighted by Gasteiger charge is -2.26. The van der Waals surface area contributed by atoms with Crippen molar-refractivity contribution in [2.75, 3.05) is 18.0 Å². The van der Waals surface area contributed by atoms with Crippen LogP contribution in [0.25, 0.3) is 0 Å². The molecule has 2 heterocycles. The smallest absolute Gasteiger partial charge is 0.243 e. The monoisotopic (exact) mass is 359 g/mol. The molecule has 26 heavy (non-hydrogen) atoms. The number of halogens is 1. The van der Waals surface area contributed by atoms with E-state index < -0.39 is 17.8 Å². The van der Waals surface area contributed by atoms with E-state index in [4.69, 9.17) is 0 Å². The summed E-state index contributed by atoms with van der Waals surface area (Å²) in [6, 6.07) is 5.89. The topological polar surface area (TPSA) is 69.7 Å². The maximum absolute atomic E-state index is 14.0. The first-order chi connectivity index (χ1) is 12.5. The van der Waals surface area contributed by atoms with E-state index in [0.29, 0.717) is 13.0 Å². The van der Waals surface area contributed by atoms with E-state index in [0.717, 1.165) is 19.3 Å². The van der Waals surface area contributed by atoms with Crippen molar-refractivity contribution in [2.24, 2.45) is 5.92 Å². The molecule has 138 valence electrons. The second kappa shape index (κ2) is 6.70. The molecule has 1 N–H and O–H groups in total. The largest absolute Gasteiger partial charge is 0.352 e. The third-order valence-corrected chi connectivity index (χ3v) is 5.38. The molecule has 6 nitrogen and oxygen atoms in total. The van der Waals surface area contributed by atoms with Gasteiger partial charge in [-0.15, -0.1) is 0 Å². The molecular formula is C19H22FN3O3. The number of hydrogen-bond donors (Lipinski definition) is 1. The second-order valence-electron chi connectivity index (χ2n) is 7.33. The molecular weight excluding hydrogens is 337 g/mol. The Morgan fingerprint density at radius 3 is 2.65 bits per heavy atom. The summed E-state index contributed by atoms with van der Waals surface area (Å²) in [6.45, 7) is 0.692. The number of likely N-dealkylation sites (tertiary alicyclic amines) is 1. The number of amides is 3. The highest BCUT2D eigenvalue weighted by Gasteiger charge is 2.43. The molecule has 3 fully saturated rings. The van der Waals surface area contributed by atoms with Crippen molar-refractivity contribution in [1.82, 2.24) is 10.2 Å². The van der Waals surface area contributed by atoms with E-state index >= 15 is 0 Å². The number of benzene rings is 1. The summed E-state index contributed by atoms with van der Waals surface area (Å²) in [5.41, 5.74) is 0.206. The molecule has 1 aromatic carbocycles.